The first-order chi connectivity index (χ1) is 16.6. The van der Waals surface area contributed by atoms with E-state index in [0.717, 1.165) is 33.4 Å². The summed E-state index contributed by atoms with van der Waals surface area (Å²) in [5.41, 5.74) is 6.64. The fourth-order valence-electron chi connectivity index (χ4n) is 3.63. The lowest BCUT2D eigenvalue weighted by atomic mass is 9.97. The number of ether oxygens (including phenoxy) is 2. The van der Waals surface area contributed by atoms with Crippen LogP contribution in [0.5, 0.6) is 0 Å². The molecule has 0 amide bonds. The number of benzene rings is 4. The highest BCUT2D eigenvalue weighted by molar-refractivity contribution is 5.91. The highest BCUT2D eigenvalue weighted by Crippen LogP contribution is 2.26. The smallest absolute Gasteiger partial charge is 0.337 e. The second-order valence-electron chi connectivity index (χ2n) is 7.48. The van der Waals surface area contributed by atoms with Crippen LogP contribution < -0.4 is 0 Å². The Bertz CT molecular complexity index is 1280. The largest absolute Gasteiger partial charge is 0.465 e. The predicted octanol–water partition coefficient (Wildman–Crippen LogP) is 5.99. The molecule has 0 aliphatic carbocycles. The first-order valence-corrected chi connectivity index (χ1v) is 10.7. The molecule has 0 saturated carbocycles. The summed E-state index contributed by atoms with van der Waals surface area (Å²) in [5, 5.41) is 0. The SMILES string of the molecule is COC(=O)c1ccc(-c2ccccc2C#Cc2ccccc2-c2ccc(C(=O)OC)cc2)cc1. The van der Waals surface area contributed by atoms with Crippen LogP contribution in [0.1, 0.15) is 31.8 Å². The molecule has 0 N–H and O–H groups in total. The molecule has 0 atom stereocenters. The molecule has 0 saturated heterocycles. The van der Waals surface area contributed by atoms with Crippen LogP contribution in [0.2, 0.25) is 0 Å². The van der Waals surface area contributed by atoms with Crippen LogP contribution in [-0.2, 0) is 9.47 Å². The third kappa shape index (κ3) is 4.90. The summed E-state index contributed by atoms with van der Waals surface area (Å²) in [6, 6.07) is 30.4. The zero-order chi connectivity index (χ0) is 23.9. The van der Waals surface area contributed by atoms with Gasteiger partial charge in [0.15, 0.2) is 0 Å². The average Bonchev–Trinajstić information content (AvgIpc) is 2.91. The molecule has 166 valence electrons. The molecule has 0 heterocycles. The maximum absolute atomic E-state index is 11.7. The summed E-state index contributed by atoms with van der Waals surface area (Å²) in [5.74, 6) is 5.89. The average molecular weight is 447 g/mol. The van der Waals surface area contributed by atoms with E-state index in [1.165, 1.54) is 14.2 Å². The van der Waals surface area contributed by atoms with Crippen molar-refractivity contribution in [3.63, 3.8) is 0 Å². The van der Waals surface area contributed by atoms with E-state index in [2.05, 4.69) is 11.8 Å². The van der Waals surface area contributed by atoms with Crippen molar-refractivity contribution < 1.29 is 19.1 Å². The van der Waals surface area contributed by atoms with Gasteiger partial charge in [-0.2, -0.15) is 0 Å². The molecule has 0 bridgehead atoms. The van der Waals surface area contributed by atoms with Gasteiger partial charge in [-0.3, -0.25) is 0 Å². The Morgan fingerprint density at radius 2 is 0.882 bits per heavy atom. The molecule has 4 heteroatoms. The van der Waals surface area contributed by atoms with Crippen molar-refractivity contribution in [2.45, 2.75) is 0 Å². The maximum atomic E-state index is 11.7. The van der Waals surface area contributed by atoms with E-state index in [-0.39, 0.29) is 11.9 Å². The summed E-state index contributed by atoms with van der Waals surface area (Å²) < 4.78 is 9.56. The van der Waals surface area contributed by atoms with Gasteiger partial charge >= 0.3 is 11.9 Å². The minimum Gasteiger partial charge on any atom is -0.465 e. The molecule has 4 aromatic carbocycles. The van der Waals surface area contributed by atoms with Crippen LogP contribution in [-0.4, -0.2) is 26.2 Å². The molecule has 4 rings (SSSR count). The fourth-order valence-corrected chi connectivity index (χ4v) is 3.63. The van der Waals surface area contributed by atoms with E-state index in [4.69, 9.17) is 9.47 Å². The number of hydrogen-bond donors (Lipinski definition) is 0. The van der Waals surface area contributed by atoms with Crippen LogP contribution in [0.3, 0.4) is 0 Å². The van der Waals surface area contributed by atoms with Gasteiger partial charge in [0.05, 0.1) is 25.3 Å². The van der Waals surface area contributed by atoms with Crippen molar-refractivity contribution in [3.8, 4) is 34.1 Å². The lowest BCUT2D eigenvalue weighted by Crippen LogP contribution is -2.00. The Labute approximate surface area is 198 Å². The first-order valence-electron chi connectivity index (χ1n) is 10.7. The van der Waals surface area contributed by atoms with E-state index >= 15 is 0 Å². The molecule has 4 aromatic rings. The number of rotatable bonds is 4. The number of hydrogen-bond acceptors (Lipinski definition) is 4. The van der Waals surface area contributed by atoms with Crippen LogP contribution >= 0.6 is 0 Å². The molecule has 0 aliphatic heterocycles. The van der Waals surface area contributed by atoms with E-state index in [1.807, 2.05) is 72.8 Å². The third-order valence-corrected chi connectivity index (χ3v) is 5.42. The van der Waals surface area contributed by atoms with Crippen molar-refractivity contribution in [2.75, 3.05) is 14.2 Å². The normalized spacial score (nSPS) is 10.1. The molecule has 0 spiro atoms. The summed E-state index contributed by atoms with van der Waals surface area (Å²) >= 11 is 0. The highest BCUT2D eigenvalue weighted by Gasteiger charge is 2.09. The third-order valence-electron chi connectivity index (χ3n) is 5.42. The van der Waals surface area contributed by atoms with E-state index in [9.17, 15) is 9.59 Å². The first kappa shape index (κ1) is 22.6. The lowest BCUT2D eigenvalue weighted by Gasteiger charge is -2.07. The Morgan fingerprint density at radius 3 is 1.24 bits per heavy atom. The van der Waals surface area contributed by atoms with E-state index < -0.39 is 0 Å². The fraction of sp³-hybridized carbons (Fsp3) is 0.0667. The Kier molecular flexibility index (Phi) is 6.86. The number of methoxy groups -OCH3 is 2. The summed E-state index contributed by atoms with van der Waals surface area (Å²) in [6.07, 6.45) is 0. The minimum atomic E-state index is -0.365. The minimum absolute atomic E-state index is 0.365. The topological polar surface area (TPSA) is 52.6 Å². The molecular weight excluding hydrogens is 424 g/mol. The van der Waals surface area contributed by atoms with Crippen LogP contribution in [0.25, 0.3) is 22.3 Å². The number of esters is 2. The molecule has 0 aliphatic rings. The summed E-state index contributed by atoms with van der Waals surface area (Å²) in [7, 11) is 2.74. The van der Waals surface area contributed by atoms with Gasteiger partial charge in [0.1, 0.15) is 0 Å². The number of carbonyl (C=O) groups is 2. The van der Waals surface area contributed by atoms with Crippen molar-refractivity contribution in [2.24, 2.45) is 0 Å². The van der Waals surface area contributed by atoms with Gasteiger partial charge in [-0.05, 0) is 58.7 Å². The summed E-state index contributed by atoms with van der Waals surface area (Å²) in [4.78, 5) is 23.5. The van der Waals surface area contributed by atoms with Gasteiger partial charge in [-0.1, -0.05) is 72.5 Å². The van der Waals surface area contributed by atoms with Crippen LogP contribution in [0.15, 0.2) is 97.1 Å². The number of carbonyl (C=O) groups excluding carboxylic acids is 2. The van der Waals surface area contributed by atoms with Gasteiger partial charge in [-0.15, -0.1) is 0 Å². The quantitative estimate of drug-likeness (QED) is 0.285. The maximum Gasteiger partial charge on any atom is 0.337 e. The zero-order valence-corrected chi connectivity index (χ0v) is 18.9. The summed E-state index contributed by atoms with van der Waals surface area (Å²) in [6.45, 7) is 0. The van der Waals surface area contributed by atoms with Crippen molar-refractivity contribution in [1.82, 2.24) is 0 Å². The zero-order valence-electron chi connectivity index (χ0n) is 18.9. The van der Waals surface area contributed by atoms with Crippen molar-refractivity contribution in [3.05, 3.63) is 119 Å². The Balaban J connectivity index is 1.68. The highest BCUT2D eigenvalue weighted by atomic mass is 16.5. The lowest BCUT2D eigenvalue weighted by molar-refractivity contribution is 0.0592. The van der Waals surface area contributed by atoms with Gasteiger partial charge in [-0.25, -0.2) is 9.59 Å². The standard InChI is InChI=1S/C30H22O4/c1-33-29(31)25-17-13-23(14-18-25)27-9-5-3-7-21(27)11-12-22-8-4-6-10-28(22)24-15-19-26(20-16-24)30(32)34-2/h3-10,13-20H,1-2H3. The van der Waals surface area contributed by atoms with Crippen molar-refractivity contribution in [1.29, 1.82) is 0 Å². The van der Waals surface area contributed by atoms with Crippen LogP contribution in [0, 0.1) is 11.8 Å². The van der Waals surface area contributed by atoms with Gasteiger partial charge in [0.2, 0.25) is 0 Å². The van der Waals surface area contributed by atoms with Gasteiger partial charge in [0, 0.05) is 11.1 Å². The monoisotopic (exact) mass is 446 g/mol. The van der Waals surface area contributed by atoms with Gasteiger partial charge < -0.3 is 9.47 Å². The van der Waals surface area contributed by atoms with Crippen molar-refractivity contribution >= 4 is 11.9 Å². The van der Waals surface area contributed by atoms with Crippen LogP contribution in [0.4, 0.5) is 0 Å². The molecule has 0 unspecified atom stereocenters. The second kappa shape index (κ2) is 10.3. The van der Waals surface area contributed by atoms with E-state index in [1.54, 1.807) is 24.3 Å². The Morgan fingerprint density at radius 1 is 0.529 bits per heavy atom. The van der Waals surface area contributed by atoms with Gasteiger partial charge in [0.25, 0.3) is 0 Å². The predicted molar refractivity (Wildman–Crippen MR) is 132 cm³/mol. The molecule has 0 fully saturated rings. The molecule has 0 aromatic heterocycles. The molecule has 34 heavy (non-hydrogen) atoms. The molecule has 0 radical (unpaired) electrons. The molecular formula is C30H22O4. The van der Waals surface area contributed by atoms with E-state index in [0.29, 0.717) is 11.1 Å². The second-order valence-corrected chi connectivity index (χ2v) is 7.48. The molecule has 4 nitrogen and oxygen atoms in total. The Hall–Kier alpha value is -4.62.